The van der Waals surface area contributed by atoms with Crippen molar-refractivity contribution in [3.63, 3.8) is 0 Å². The third-order valence-corrected chi connectivity index (χ3v) is 9.71. The standard InChI is InChI=1S/C24H20N4O4.C23H18N4O4/c1-15(29)21-22(16-8-4-3-5-9-16)27-28(14-20(30)32-2)24(31)23(21)26-19-12-6-11-18-17(19)10-7-13-25-18;1-14(28)20-21(15-7-3-2-4-8-15)26-27(13-19(29)30)23(31)22(20)25-18-11-5-10-17-16(18)9-6-12-24-17/h3-13,26H,14H2,1-2H3;2-12,25H,13H2,1H3,(H,29,30). The Bertz CT molecular complexity index is 3160. The molecule has 0 saturated heterocycles. The van der Waals surface area contributed by atoms with Crippen molar-refractivity contribution in [1.82, 2.24) is 29.5 Å². The number of carboxylic acid groups (broad SMARTS) is 1. The third kappa shape index (κ3) is 9.24. The zero-order valence-corrected chi connectivity index (χ0v) is 34.1. The lowest BCUT2D eigenvalue weighted by Crippen LogP contribution is -2.31. The number of ketones is 2. The van der Waals surface area contributed by atoms with Gasteiger partial charge in [0, 0.05) is 45.7 Å². The molecule has 0 unspecified atom stereocenters. The summed E-state index contributed by atoms with van der Waals surface area (Å²) in [5.41, 5.74) is 3.30. The van der Waals surface area contributed by atoms with Crippen LogP contribution < -0.4 is 21.8 Å². The molecule has 0 aliphatic rings. The van der Waals surface area contributed by atoms with Crippen LogP contribution in [0.2, 0.25) is 0 Å². The molecule has 0 spiro atoms. The Balaban J connectivity index is 0.000000189. The van der Waals surface area contributed by atoms with Gasteiger partial charge in [0.1, 0.15) is 35.9 Å². The number of methoxy groups -OCH3 is 1. The zero-order chi connectivity index (χ0) is 44.6. The molecule has 0 fully saturated rings. The number of anilines is 4. The first-order valence-corrected chi connectivity index (χ1v) is 19.4. The summed E-state index contributed by atoms with van der Waals surface area (Å²) in [6, 6.07) is 36.0. The highest BCUT2D eigenvalue weighted by atomic mass is 16.5. The number of nitrogens with one attached hydrogen (secondary N) is 2. The number of carboxylic acids is 1. The first-order valence-electron chi connectivity index (χ1n) is 19.4. The van der Waals surface area contributed by atoms with Gasteiger partial charge in [-0.15, -0.1) is 0 Å². The van der Waals surface area contributed by atoms with Crippen LogP contribution in [0.3, 0.4) is 0 Å². The number of carbonyl (C=O) groups is 4. The number of carbonyl (C=O) groups excluding carboxylic acids is 3. The Kier molecular flexibility index (Phi) is 12.6. The van der Waals surface area contributed by atoms with E-state index in [2.05, 4.69) is 30.8 Å². The molecular weight excluding hydrogens is 805 g/mol. The van der Waals surface area contributed by atoms with Gasteiger partial charge in [-0.25, -0.2) is 9.36 Å². The number of ether oxygens (including phenoxy) is 1. The molecule has 4 aromatic carbocycles. The van der Waals surface area contributed by atoms with Crippen molar-refractivity contribution in [2.24, 2.45) is 0 Å². The van der Waals surface area contributed by atoms with E-state index in [9.17, 15) is 33.9 Å². The first-order chi connectivity index (χ1) is 30.4. The van der Waals surface area contributed by atoms with Gasteiger partial charge in [0.2, 0.25) is 0 Å². The molecule has 16 heteroatoms. The fraction of sp³-hybridized carbons (Fsp3) is 0.106. The average molecular weight is 843 g/mol. The molecular formula is C47H38N8O8. The minimum atomic E-state index is -1.22. The first kappa shape index (κ1) is 42.5. The van der Waals surface area contributed by atoms with E-state index in [0.29, 0.717) is 33.7 Å². The van der Waals surface area contributed by atoms with Crippen molar-refractivity contribution in [2.45, 2.75) is 26.9 Å². The Morgan fingerprint density at radius 3 is 1.40 bits per heavy atom. The summed E-state index contributed by atoms with van der Waals surface area (Å²) in [6.45, 7) is 1.70. The Labute approximate surface area is 358 Å². The van der Waals surface area contributed by atoms with Gasteiger partial charge in [0.25, 0.3) is 11.1 Å². The topological polar surface area (TPSA) is 217 Å². The van der Waals surface area contributed by atoms with Gasteiger partial charge >= 0.3 is 11.9 Å². The second-order valence-electron chi connectivity index (χ2n) is 13.9. The highest BCUT2D eigenvalue weighted by molar-refractivity contribution is 6.07. The summed E-state index contributed by atoms with van der Waals surface area (Å²) in [5, 5.41) is 25.5. The number of Topliss-reactive ketones (excluding diaryl/α,β-unsaturated/α-hetero) is 2. The molecule has 8 aromatic rings. The van der Waals surface area contributed by atoms with Gasteiger partial charge in [0.15, 0.2) is 11.6 Å². The van der Waals surface area contributed by atoms with Crippen LogP contribution in [0.25, 0.3) is 44.3 Å². The lowest BCUT2D eigenvalue weighted by atomic mass is 10.0. The maximum absolute atomic E-state index is 13.3. The predicted octanol–water partition coefficient (Wildman–Crippen LogP) is 7.07. The highest BCUT2D eigenvalue weighted by Gasteiger charge is 2.25. The smallest absolute Gasteiger partial charge is 0.327 e. The lowest BCUT2D eigenvalue weighted by Gasteiger charge is -2.17. The zero-order valence-electron chi connectivity index (χ0n) is 34.1. The number of esters is 1. The van der Waals surface area contributed by atoms with E-state index in [1.54, 1.807) is 97.3 Å². The Morgan fingerprint density at radius 1 is 0.571 bits per heavy atom. The van der Waals surface area contributed by atoms with Gasteiger partial charge in [-0.05, 0) is 62.4 Å². The van der Waals surface area contributed by atoms with E-state index in [4.69, 9.17) is 4.74 Å². The molecule has 4 heterocycles. The number of nitrogens with zero attached hydrogens (tertiary/aromatic N) is 6. The summed E-state index contributed by atoms with van der Waals surface area (Å²) in [5.74, 6) is -2.55. The summed E-state index contributed by atoms with van der Waals surface area (Å²) < 4.78 is 6.57. The van der Waals surface area contributed by atoms with Crippen molar-refractivity contribution in [1.29, 1.82) is 0 Å². The SMILES string of the molecule is CC(=O)c1c(-c2ccccc2)nn(CC(=O)O)c(=O)c1Nc1cccc2ncccc12.COC(=O)Cn1nc(-c2ccccc2)c(C(C)=O)c(Nc2cccc3ncccc23)c1=O. The molecule has 314 valence electrons. The lowest BCUT2D eigenvalue weighted by molar-refractivity contribution is -0.141. The molecule has 3 N–H and O–H groups in total. The van der Waals surface area contributed by atoms with Crippen molar-refractivity contribution in [2.75, 3.05) is 17.7 Å². The molecule has 4 aromatic heterocycles. The molecule has 0 aliphatic carbocycles. The number of benzene rings is 4. The molecule has 0 amide bonds. The van der Waals surface area contributed by atoms with Gasteiger partial charge in [-0.3, -0.25) is 38.7 Å². The fourth-order valence-corrected chi connectivity index (χ4v) is 6.88. The van der Waals surface area contributed by atoms with Crippen LogP contribution in [-0.4, -0.2) is 65.3 Å². The monoisotopic (exact) mass is 842 g/mol. The van der Waals surface area contributed by atoms with Crippen LogP contribution in [0.4, 0.5) is 22.7 Å². The number of hydrogen-bond acceptors (Lipinski definition) is 13. The number of aliphatic carboxylic acids is 1. The number of rotatable bonds is 12. The van der Waals surface area contributed by atoms with Crippen LogP contribution in [0.1, 0.15) is 34.6 Å². The number of pyridine rings is 2. The molecule has 0 bridgehead atoms. The largest absolute Gasteiger partial charge is 0.480 e. The van der Waals surface area contributed by atoms with Gasteiger partial charge in [-0.2, -0.15) is 10.2 Å². The normalized spacial score (nSPS) is 10.7. The van der Waals surface area contributed by atoms with E-state index in [1.807, 2.05) is 36.4 Å². The van der Waals surface area contributed by atoms with Crippen molar-refractivity contribution in [3.05, 3.63) is 166 Å². The molecule has 0 atom stereocenters. The highest BCUT2D eigenvalue weighted by Crippen LogP contribution is 2.32. The molecule has 0 aliphatic heterocycles. The van der Waals surface area contributed by atoms with Crippen LogP contribution in [0, 0.1) is 0 Å². The Morgan fingerprint density at radius 2 is 1.00 bits per heavy atom. The molecule has 63 heavy (non-hydrogen) atoms. The minimum absolute atomic E-state index is 0.0287. The summed E-state index contributed by atoms with van der Waals surface area (Å²) in [4.78, 5) is 83.8. The van der Waals surface area contributed by atoms with E-state index >= 15 is 0 Å². The average Bonchev–Trinajstić information content (AvgIpc) is 3.29. The maximum Gasteiger partial charge on any atom is 0.327 e. The van der Waals surface area contributed by atoms with E-state index < -0.39 is 29.6 Å². The molecule has 0 saturated carbocycles. The fourth-order valence-electron chi connectivity index (χ4n) is 6.88. The predicted molar refractivity (Wildman–Crippen MR) is 238 cm³/mol. The number of aromatic nitrogens is 6. The molecule has 0 radical (unpaired) electrons. The van der Waals surface area contributed by atoms with Gasteiger partial charge in [-0.1, -0.05) is 72.8 Å². The summed E-state index contributed by atoms with van der Waals surface area (Å²) in [7, 11) is 1.23. The van der Waals surface area contributed by atoms with E-state index in [1.165, 1.54) is 21.0 Å². The van der Waals surface area contributed by atoms with Gasteiger partial charge in [0.05, 0.1) is 29.3 Å². The quantitative estimate of drug-likeness (QED) is 0.0829. The third-order valence-electron chi connectivity index (χ3n) is 9.71. The van der Waals surface area contributed by atoms with Crippen molar-refractivity contribution < 1.29 is 29.0 Å². The van der Waals surface area contributed by atoms with Gasteiger partial charge < -0.3 is 20.5 Å². The maximum atomic E-state index is 13.3. The van der Waals surface area contributed by atoms with Crippen LogP contribution >= 0.6 is 0 Å². The number of fused-ring (bicyclic) bond motifs is 2. The van der Waals surface area contributed by atoms with Crippen LogP contribution in [0.5, 0.6) is 0 Å². The minimum Gasteiger partial charge on any atom is -0.480 e. The molecule has 16 nitrogen and oxygen atoms in total. The second-order valence-corrected chi connectivity index (χ2v) is 13.9. The van der Waals surface area contributed by atoms with Crippen LogP contribution in [-0.2, 0) is 27.4 Å². The summed E-state index contributed by atoms with van der Waals surface area (Å²) >= 11 is 0. The number of hydrogen-bond donors (Lipinski definition) is 3. The Hall–Kier alpha value is -8.66. The summed E-state index contributed by atoms with van der Waals surface area (Å²) in [6.07, 6.45) is 3.34. The van der Waals surface area contributed by atoms with E-state index in [0.717, 1.165) is 25.7 Å². The van der Waals surface area contributed by atoms with Crippen LogP contribution in [0.15, 0.2) is 143 Å². The van der Waals surface area contributed by atoms with Crippen molar-refractivity contribution in [3.8, 4) is 22.5 Å². The molecule has 8 rings (SSSR count). The second kappa shape index (κ2) is 18.7. The van der Waals surface area contributed by atoms with E-state index in [-0.39, 0.29) is 46.3 Å². The van der Waals surface area contributed by atoms with Crippen molar-refractivity contribution >= 4 is 68.1 Å².